The number of hydrogen-bond acceptors (Lipinski definition) is 3. The van der Waals surface area contributed by atoms with E-state index in [1.807, 2.05) is 20.8 Å². The standard InChI is InChI=1S/C6H10N2O/c1-6(2,3)5-7-4-9-8-5/h4H,1-3H3. The van der Waals surface area contributed by atoms with Gasteiger partial charge < -0.3 is 4.52 Å². The van der Waals surface area contributed by atoms with E-state index >= 15 is 0 Å². The number of nitrogens with zero attached hydrogens (tertiary/aromatic N) is 2. The molecule has 0 spiro atoms. The van der Waals surface area contributed by atoms with Gasteiger partial charge in [-0.25, -0.2) is 0 Å². The van der Waals surface area contributed by atoms with Gasteiger partial charge in [-0.15, -0.1) is 0 Å². The second-order valence-corrected chi connectivity index (χ2v) is 3.00. The first kappa shape index (κ1) is 6.26. The van der Waals surface area contributed by atoms with Gasteiger partial charge in [0.1, 0.15) is 0 Å². The zero-order chi connectivity index (χ0) is 6.91. The minimum absolute atomic E-state index is 0.00694. The molecule has 3 heteroatoms. The minimum Gasteiger partial charge on any atom is -0.343 e. The molecule has 0 aliphatic rings. The second kappa shape index (κ2) is 1.83. The Kier molecular flexibility index (Phi) is 1.27. The van der Waals surface area contributed by atoms with Gasteiger partial charge in [0.15, 0.2) is 5.82 Å². The van der Waals surface area contributed by atoms with Gasteiger partial charge in [0.2, 0.25) is 6.39 Å². The van der Waals surface area contributed by atoms with E-state index in [-0.39, 0.29) is 5.41 Å². The van der Waals surface area contributed by atoms with Crippen molar-refractivity contribution in [1.29, 1.82) is 0 Å². The molecule has 1 rings (SSSR count). The third kappa shape index (κ3) is 1.28. The minimum atomic E-state index is 0.00694. The second-order valence-electron chi connectivity index (χ2n) is 3.00. The molecular weight excluding hydrogens is 116 g/mol. The summed E-state index contributed by atoms with van der Waals surface area (Å²) in [6.07, 6.45) is 1.35. The highest BCUT2D eigenvalue weighted by atomic mass is 16.5. The Morgan fingerprint density at radius 3 is 2.33 bits per heavy atom. The summed E-state index contributed by atoms with van der Waals surface area (Å²) < 4.78 is 4.58. The quantitative estimate of drug-likeness (QED) is 0.527. The fourth-order valence-electron chi connectivity index (χ4n) is 0.501. The van der Waals surface area contributed by atoms with Crippen LogP contribution < -0.4 is 0 Å². The zero-order valence-corrected chi connectivity index (χ0v) is 5.88. The van der Waals surface area contributed by atoms with Crippen LogP contribution in [0.2, 0.25) is 0 Å². The molecule has 0 N–H and O–H groups in total. The Hall–Kier alpha value is -0.860. The van der Waals surface area contributed by atoms with Crippen molar-refractivity contribution in [3.63, 3.8) is 0 Å². The summed E-state index contributed by atoms with van der Waals surface area (Å²) in [6.45, 7) is 6.12. The first-order chi connectivity index (χ1) is 4.11. The highest BCUT2D eigenvalue weighted by Crippen LogP contribution is 2.16. The molecule has 1 aromatic rings. The summed E-state index contributed by atoms with van der Waals surface area (Å²) in [5.74, 6) is 0.752. The van der Waals surface area contributed by atoms with Crippen molar-refractivity contribution < 1.29 is 4.52 Å². The van der Waals surface area contributed by atoms with Crippen LogP contribution in [0, 0.1) is 0 Å². The predicted molar refractivity (Wildman–Crippen MR) is 33.0 cm³/mol. The van der Waals surface area contributed by atoms with Crippen LogP contribution in [0.3, 0.4) is 0 Å². The first-order valence-electron chi connectivity index (χ1n) is 2.87. The normalized spacial score (nSPS) is 11.9. The summed E-state index contributed by atoms with van der Waals surface area (Å²) in [4.78, 5) is 3.91. The Bertz CT molecular complexity index is 173. The molecule has 0 aromatic carbocycles. The van der Waals surface area contributed by atoms with Gasteiger partial charge in [0.25, 0.3) is 0 Å². The lowest BCUT2D eigenvalue weighted by Gasteiger charge is -2.10. The Balaban J connectivity index is 2.90. The number of rotatable bonds is 0. The van der Waals surface area contributed by atoms with E-state index in [9.17, 15) is 0 Å². The lowest BCUT2D eigenvalue weighted by molar-refractivity contribution is 0.392. The van der Waals surface area contributed by atoms with Gasteiger partial charge in [-0.05, 0) is 0 Å². The topological polar surface area (TPSA) is 38.9 Å². The molecule has 0 amide bonds. The van der Waals surface area contributed by atoms with Crippen LogP contribution in [0.25, 0.3) is 0 Å². The smallest absolute Gasteiger partial charge is 0.213 e. The van der Waals surface area contributed by atoms with Crippen molar-refractivity contribution in [2.75, 3.05) is 0 Å². The third-order valence-corrected chi connectivity index (χ3v) is 1.03. The van der Waals surface area contributed by atoms with E-state index < -0.39 is 0 Å². The summed E-state index contributed by atoms with van der Waals surface area (Å²) in [6, 6.07) is 0. The average molecular weight is 126 g/mol. The molecule has 0 radical (unpaired) electrons. The van der Waals surface area contributed by atoms with Crippen molar-refractivity contribution in [3.8, 4) is 0 Å². The van der Waals surface area contributed by atoms with Crippen molar-refractivity contribution in [2.24, 2.45) is 0 Å². The molecule has 0 bridgehead atoms. The highest BCUT2D eigenvalue weighted by Gasteiger charge is 2.17. The van der Waals surface area contributed by atoms with Crippen LogP contribution in [0.4, 0.5) is 0 Å². The van der Waals surface area contributed by atoms with E-state index in [0.29, 0.717) is 0 Å². The van der Waals surface area contributed by atoms with Gasteiger partial charge in [0, 0.05) is 5.41 Å². The summed E-state index contributed by atoms with van der Waals surface area (Å²) >= 11 is 0. The lowest BCUT2D eigenvalue weighted by Crippen LogP contribution is -2.12. The molecule has 0 unspecified atom stereocenters. The Morgan fingerprint density at radius 1 is 1.44 bits per heavy atom. The van der Waals surface area contributed by atoms with Crippen molar-refractivity contribution in [2.45, 2.75) is 26.2 Å². The highest BCUT2D eigenvalue weighted by molar-refractivity contribution is 4.96. The molecule has 0 aliphatic carbocycles. The molecule has 0 aliphatic heterocycles. The van der Waals surface area contributed by atoms with Gasteiger partial charge >= 0.3 is 0 Å². The van der Waals surface area contributed by atoms with E-state index in [1.54, 1.807) is 0 Å². The SMILES string of the molecule is CC(C)(C)c1ncon1. The van der Waals surface area contributed by atoms with Crippen LogP contribution in [-0.4, -0.2) is 10.1 Å². The van der Waals surface area contributed by atoms with E-state index in [4.69, 9.17) is 0 Å². The van der Waals surface area contributed by atoms with Crippen LogP contribution in [0.5, 0.6) is 0 Å². The fourth-order valence-corrected chi connectivity index (χ4v) is 0.501. The third-order valence-electron chi connectivity index (χ3n) is 1.03. The van der Waals surface area contributed by atoms with E-state index in [0.717, 1.165) is 5.82 Å². The molecule has 0 fully saturated rings. The van der Waals surface area contributed by atoms with Gasteiger partial charge in [-0.3, -0.25) is 0 Å². The number of hydrogen-bond donors (Lipinski definition) is 0. The molecule has 0 saturated carbocycles. The molecular formula is C6H10N2O. The van der Waals surface area contributed by atoms with E-state index in [2.05, 4.69) is 14.7 Å². The molecule has 0 atom stereocenters. The van der Waals surface area contributed by atoms with Crippen molar-refractivity contribution in [1.82, 2.24) is 10.1 Å². The van der Waals surface area contributed by atoms with Crippen molar-refractivity contribution in [3.05, 3.63) is 12.2 Å². The Labute approximate surface area is 54.1 Å². The molecule has 1 aromatic heterocycles. The van der Waals surface area contributed by atoms with Crippen LogP contribution in [-0.2, 0) is 5.41 Å². The van der Waals surface area contributed by atoms with Crippen LogP contribution in [0.1, 0.15) is 26.6 Å². The van der Waals surface area contributed by atoms with Crippen LogP contribution >= 0.6 is 0 Å². The molecule has 9 heavy (non-hydrogen) atoms. The molecule has 0 saturated heterocycles. The molecule has 50 valence electrons. The largest absolute Gasteiger partial charge is 0.343 e. The zero-order valence-electron chi connectivity index (χ0n) is 5.88. The Morgan fingerprint density at radius 2 is 2.11 bits per heavy atom. The van der Waals surface area contributed by atoms with Gasteiger partial charge in [-0.2, -0.15) is 4.98 Å². The predicted octanol–water partition coefficient (Wildman–Crippen LogP) is 1.37. The summed E-state index contributed by atoms with van der Waals surface area (Å²) in [5, 5.41) is 3.70. The maximum Gasteiger partial charge on any atom is 0.213 e. The van der Waals surface area contributed by atoms with Crippen molar-refractivity contribution >= 4 is 0 Å². The maximum absolute atomic E-state index is 4.58. The van der Waals surface area contributed by atoms with Gasteiger partial charge in [0.05, 0.1) is 0 Å². The molecule has 3 nitrogen and oxygen atoms in total. The monoisotopic (exact) mass is 126 g/mol. The van der Waals surface area contributed by atoms with Crippen LogP contribution in [0.15, 0.2) is 10.9 Å². The average Bonchev–Trinajstić information content (AvgIpc) is 2.08. The van der Waals surface area contributed by atoms with Gasteiger partial charge in [-0.1, -0.05) is 25.9 Å². The molecule has 1 heterocycles. The van der Waals surface area contributed by atoms with E-state index in [1.165, 1.54) is 6.39 Å². The summed E-state index contributed by atoms with van der Waals surface area (Å²) in [7, 11) is 0. The number of aromatic nitrogens is 2. The maximum atomic E-state index is 4.58. The first-order valence-corrected chi connectivity index (χ1v) is 2.87. The fraction of sp³-hybridized carbons (Fsp3) is 0.667. The lowest BCUT2D eigenvalue weighted by atomic mass is 9.96. The summed E-state index contributed by atoms with van der Waals surface area (Å²) in [5.41, 5.74) is 0.00694.